The second-order valence-electron chi connectivity index (χ2n) is 11.6. The summed E-state index contributed by atoms with van der Waals surface area (Å²) >= 11 is 0. The van der Waals surface area contributed by atoms with Crippen LogP contribution in [0.5, 0.6) is 11.5 Å². The van der Waals surface area contributed by atoms with Crippen LogP contribution in [0.1, 0.15) is 22.3 Å². The van der Waals surface area contributed by atoms with Crippen molar-refractivity contribution in [3.8, 4) is 56.0 Å². The number of fused-ring (bicyclic) bond motifs is 12. The van der Waals surface area contributed by atoms with Crippen molar-refractivity contribution >= 4 is 10.8 Å². The summed E-state index contributed by atoms with van der Waals surface area (Å²) in [5, 5.41) is 2.41. The molecular formula is C41H24O. The van der Waals surface area contributed by atoms with Crippen LogP contribution in [0, 0.1) is 0 Å². The lowest BCUT2D eigenvalue weighted by atomic mass is 9.70. The molecule has 42 heavy (non-hydrogen) atoms. The van der Waals surface area contributed by atoms with E-state index in [9.17, 15) is 0 Å². The molecule has 1 aliphatic heterocycles. The Morgan fingerprint density at radius 1 is 0.333 bits per heavy atom. The van der Waals surface area contributed by atoms with Crippen molar-refractivity contribution in [1.82, 2.24) is 0 Å². The number of hydrogen-bond acceptors (Lipinski definition) is 1. The zero-order valence-corrected chi connectivity index (χ0v) is 22.8. The molecule has 0 unspecified atom stereocenters. The number of hydrogen-bond donors (Lipinski definition) is 0. The Bertz CT molecular complexity index is 2240. The van der Waals surface area contributed by atoms with Crippen LogP contribution >= 0.6 is 0 Å². The fourth-order valence-electron chi connectivity index (χ4n) is 8.18. The Morgan fingerprint density at radius 2 is 0.881 bits per heavy atom. The second kappa shape index (κ2) is 7.87. The molecule has 0 radical (unpaired) electrons. The van der Waals surface area contributed by atoms with E-state index in [0.717, 1.165) is 17.1 Å². The van der Waals surface area contributed by atoms with Gasteiger partial charge in [0, 0.05) is 10.9 Å². The van der Waals surface area contributed by atoms with E-state index in [0.29, 0.717) is 0 Å². The molecule has 0 N–H and O–H groups in total. The molecule has 0 atom stereocenters. The number of para-hydroxylation sites is 1. The van der Waals surface area contributed by atoms with Gasteiger partial charge in [-0.25, -0.2) is 0 Å². The number of ether oxygens (including phenoxy) is 1. The van der Waals surface area contributed by atoms with Gasteiger partial charge in [-0.2, -0.15) is 0 Å². The maximum absolute atomic E-state index is 6.44. The van der Waals surface area contributed by atoms with Gasteiger partial charge in [0.15, 0.2) is 0 Å². The predicted octanol–water partition coefficient (Wildman–Crippen LogP) is 10.6. The fraction of sp³-hybridized carbons (Fsp3) is 0.0244. The van der Waals surface area contributed by atoms with E-state index < -0.39 is 0 Å². The zero-order chi connectivity index (χ0) is 27.4. The monoisotopic (exact) mass is 532 g/mol. The topological polar surface area (TPSA) is 9.23 Å². The minimum Gasteiger partial charge on any atom is -0.456 e. The molecule has 0 bridgehead atoms. The van der Waals surface area contributed by atoms with E-state index >= 15 is 0 Å². The van der Waals surface area contributed by atoms with Crippen LogP contribution in [-0.4, -0.2) is 0 Å². The van der Waals surface area contributed by atoms with Gasteiger partial charge < -0.3 is 4.74 Å². The van der Waals surface area contributed by atoms with Crippen molar-refractivity contribution in [3.05, 3.63) is 168 Å². The molecule has 7 aromatic carbocycles. The van der Waals surface area contributed by atoms with Gasteiger partial charge in [0.05, 0.1) is 5.41 Å². The van der Waals surface area contributed by atoms with E-state index in [4.69, 9.17) is 4.74 Å². The molecule has 194 valence electrons. The second-order valence-corrected chi connectivity index (χ2v) is 11.6. The number of benzene rings is 7. The summed E-state index contributed by atoms with van der Waals surface area (Å²) in [6.07, 6.45) is 0. The standard InChI is InChI=1S/C41H24O/c1-5-18-33-26(11-1)27-12-2-6-19-34(27)41(33)35-20-7-3-14-32(35)39-29(17-10-21-36(39)41)25-23-24-38-40-30(25)15-9-16-31(40)28-13-4-8-22-37(28)42-38/h1-24H. The lowest BCUT2D eigenvalue weighted by Gasteiger charge is -2.30. The van der Waals surface area contributed by atoms with Crippen LogP contribution in [0.2, 0.25) is 0 Å². The zero-order valence-electron chi connectivity index (χ0n) is 22.8. The Morgan fingerprint density at radius 3 is 1.64 bits per heavy atom. The van der Waals surface area contributed by atoms with Crippen molar-refractivity contribution in [2.24, 2.45) is 0 Å². The van der Waals surface area contributed by atoms with Gasteiger partial charge in [0.1, 0.15) is 11.5 Å². The highest BCUT2D eigenvalue weighted by molar-refractivity contribution is 6.12. The molecule has 1 heteroatoms. The summed E-state index contributed by atoms with van der Waals surface area (Å²) < 4.78 is 6.44. The molecule has 1 spiro atoms. The highest BCUT2D eigenvalue weighted by Crippen LogP contribution is 2.64. The Labute approximate surface area is 244 Å². The molecule has 2 aliphatic carbocycles. The first kappa shape index (κ1) is 22.3. The third-order valence-corrected chi connectivity index (χ3v) is 9.71. The predicted molar refractivity (Wildman–Crippen MR) is 171 cm³/mol. The molecule has 0 saturated heterocycles. The minimum atomic E-state index is -0.344. The lowest BCUT2D eigenvalue weighted by molar-refractivity contribution is 0.487. The van der Waals surface area contributed by atoms with Gasteiger partial charge in [0.2, 0.25) is 0 Å². The minimum absolute atomic E-state index is 0.344. The summed E-state index contributed by atoms with van der Waals surface area (Å²) in [5.74, 6) is 1.84. The summed E-state index contributed by atoms with van der Waals surface area (Å²) in [4.78, 5) is 0. The van der Waals surface area contributed by atoms with Gasteiger partial charge in [-0.05, 0) is 78.7 Å². The van der Waals surface area contributed by atoms with Crippen LogP contribution in [0.15, 0.2) is 146 Å². The molecule has 3 aliphatic rings. The first-order valence-electron chi connectivity index (χ1n) is 14.6. The molecular weight excluding hydrogens is 508 g/mol. The van der Waals surface area contributed by atoms with Gasteiger partial charge in [-0.15, -0.1) is 0 Å². The van der Waals surface area contributed by atoms with Crippen LogP contribution in [0.4, 0.5) is 0 Å². The highest BCUT2D eigenvalue weighted by Gasteiger charge is 2.52. The van der Waals surface area contributed by atoms with Crippen molar-refractivity contribution in [2.75, 3.05) is 0 Å². The van der Waals surface area contributed by atoms with Crippen LogP contribution in [-0.2, 0) is 5.41 Å². The highest BCUT2D eigenvalue weighted by atomic mass is 16.5. The van der Waals surface area contributed by atoms with E-state index in [1.165, 1.54) is 72.0 Å². The smallest absolute Gasteiger partial charge is 0.135 e. The molecule has 10 rings (SSSR count). The summed E-state index contributed by atoms with van der Waals surface area (Å²) in [6.45, 7) is 0. The maximum Gasteiger partial charge on any atom is 0.135 e. The van der Waals surface area contributed by atoms with Crippen molar-refractivity contribution in [1.29, 1.82) is 0 Å². The third-order valence-electron chi connectivity index (χ3n) is 9.71. The summed E-state index contributed by atoms with van der Waals surface area (Å²) in [7, 11) is 0. The molecule has 0 fully saturated rings. The summed E-state index contributed by atoms with van der Waals surface area (Å²) in [5.41, 5.74) is 15.3. The molecule has 7 aromatic rings. The normalized spacial score (nSPS) is 14.1. The van der Waals surface area contributed by atoms with Gasteiger partial charge in [-0.3, -0.25) is 0 Å². The van der Waals surface area contributed by atoms with Gasteiger partial charge in [-0.1, -0.05) is 133 Å². The fourth-order valence-corrected chi connectivity index (χ4v) is 8.18. The van der Waals surface area contributed by atoms with Crippen molar-refractivity contribution in [3.63, 3.8) is 0 Å². The van der Waals surface area contributed by atoms with E-state index in [2.05, 4.69) is 140 Å². The maximum atomic E-state index is 6.44. The first-order valence-corrected chi connectivity index (χ1v) is 14.6. The quantitative estimate of drug-likeness (QED) is 0.204. The van der Waals surface area contributed by atoms with Crippen LogP contribution < -0.4 is 4.74 Å². The molecule has 1 heterocycles. The third kappa shape index (κ3) is 2.56. The molecule has 0 aromatic heterocycles. The van der Waals surface area contributed by atoms with Gasteiger partial charge >= 0.3 is 0 Å². The SMILES string of the molecule is c1ccc2c(c1)Oc1ccc(-c3cccc4c3-c3ccccc3C43c4ccccc4-c4ccccc43)c3cccc-2c13. The van der Waals surface area contributed by atoms with Crippen molar-refractivity contribution < 1.29 is 4.74 Å². The van der Waals surface area contributed by atoms with Gasteiger partial charge in [0.25, 0.3) is 0 Å². The van der Waals surface area contributed by atoms with Crippen LogP contribution in [0.25, 0.3) is 55.3 Å². The van der Waals surface area contributed by atoms with Crippen LogP contribution in [0.3, 0.4) is 0 Å². The van der Waals surface area contributed by atoms with E-state index in [1.807, 2.05) is 6.07 Å². The molecule has 0 amide bonds. The van der Waals surface area contributed by atoms with E-state index in [1.54, 1.807) is 0 Å². The molecule has 0 saturated carbocycles. The molecule has 1 nitrogen and oxygen atoms in total. The average Bonchev–Trinajstić information content (AvgIpc) is 3.53. The largest absolute Gasteiger partial charge is 0.456 e. The average molecular weight is 533 g/mol. The Balaban J connectivity index is 1.32. The summed E-state index contributed by atoms with van der Waals surface area (Å²) in [6, 6.07) is 53.4. The first-order chi connectivity index (χ1) is 20.9. The Hall–Kier alpha value is -5.40. The number of rotatable bonds is 1. The van der Waals surface area contributed by atoms with Crippen molar-refractivity contribution in [2.45, 2.75) is 5.41 Å². The van der Waals surface area contributed by atoms with E-state index in [-0.39, 0.29) is 5.41 Å². The Kier molecular flexibility index (Phi) is 4.18. The lowest BCUT2D eigenvalue weighted by Crippen LogP contribution is -2.25.